The van der Waals surface area contributed by atoms with Gasteiger partial charge in [0.2, 0.25) is 0 Å². The Labute approximate surface area is 428 Å². The molecule has 14 rings (SSSR count). The Bertz CT molecular complexity index is 3910. The van der Waals surface area contributed by atoms with Crippen molar-refractivity contribution in [3.63, 3.8) is 0 Å². The molecule has 0 saturated heterocycles. The molecule has 1 aromatic heterocycles. The highest BCUT2D eigenvalue weighted by Crippen LogP contribution is 2.57. The lowest BCUT2D eigenvalue weighted by Crippen LogP contribution is -2.38. The fourth-order valence-electron chi connectivity index (χ4n) is 14.5. The molecule has 9 aromatic rings. The lowest BCUT2D eigenvalue weighted by atomic mass is 9.58. The van der Waals surface area contributed by atoms with E-state index in [0.717, 1.165) is 11.4 Å². The molecule has 8 aromatic carbocycles. The molecule has 0 fully saturated rings. The van der Waals surface area contributed by atoms with Crippen molar-refractivity contribution in [3.8, 4) is 50.2 Å². The summed E-state index contributed by atoms with van der Waals surface area (Å²) in [5, 5.41) is 6.71. The van der Waals surface area contributed by atoms with Crippen molar-refractivity contribution in [2.24, 2.45) is 0 Å². The third kappa shape index (κ3) is 5.74. The first-order valence-electron chi connectivity index (χ1n) is 26.7. The number of nitrogens with one attached hydrogen (secondary N) is 1. The second-order valence-electron chi connectivity index (χ2n) is 26.3. The Morgan fingerprint density at radius 2 is 0.986 bits per heavy atom. The molecule has 72 heavy (non-hydrogen) atoms. The van der Waals surface area contributed by atoms with E-state index in [2.05, 4.69) is 241 Å². The maximum atomic E-state index is 4.09. The molecule has 0 atom stereocenters. The highest BCUT2D eigenvalue weighted by atomic mass is 15.0. The molecule has 0 unspecified atom stereocenters. The quantitative estimate of drug-likeness (QED) is 0.175. The highest BCUT2D eigenvalue weighted by Gasteiger charge is 2.44. The molecule has 5 aliphatic rings. The summed E-state index contributed by atoms with van der Waals surface area (Å²) in [5.41, 5.74) is 32.0. The van der Waals surface area contributed by atoms with Crippen LogP contribution in [0, 0.1) is 0 Å². The summed E-state index contributed by atoms with van der Waals surface area (Å²) in [6, 6.07) is 52.7. The van der Waals surface area contributed by atoms with Crippen molar-refractivity contribution >= 4 is 51.4 Å². The Morgan fingerprint density at radius 1 is 0.444 bits per heavy atom. The van der Waals surface area contributed by atoms with E-state index in [4.69, 9.17) is 0 Å². The monoisotopic (exact) mass is 934 g/mol. The van der Waals surface area contributed by atoms with Crippen molar-refractivity contribution in [2.45, 2.75) is 135 Å². The Hall–Kier alpha value is -6.58. The molecule has 4 aliphatic carbocycles. The van der Waals surface area contributed by atoms with Crippen LogP contribution >= 0.6 is 0 Å². The molecule has 2 heterocycles. The van der Waals surface area contributed by atoms with Gasteiger partial charge in [-0.05, 0) is 172 Å². The van der Waals surface area contributed by atoms with Crippen molar-refractivity contribution < 1.29 is 0 Å². The van der Waals surface area contributed by atoms with E-state index >= 15 is 0 Å². The van der Waals surface area contributed by atoms with Crippen LogP contribution in [0.15, 0.2) is 133 Å². The van der Waals surface area contributed by atoms with Crippen LogP contribution in [0.5, 0.6) is 0 Å². The second-order valence-corrected chi connectivity index (χ2v) is 26.3. The van der Waals surface area contributed by atoms with Gasteiger partial charge < -0.3 is 9.88 Å². The molecule has 1 radical (unpaired) electrons. The minimum atomic E-state index is -0.185. The topological polar surface area (TPSA) is 17.0 Å². The number of hydrogen-bond donors (Lipinski definition) is 1. The summed E-state index contributed by atoms with van der Waals surface area (Å²) in [6.07, 6.45) is 2.40. The summed E-state index contributed by atoms with van der Waals surface area (Å²) < 4.78 is 2.65. The maximum Gasteiger partial charge on any atom is 0.197 e. The number of hydrogen-bond acceptors (Lipinski definition) is 1. The van der Waals surface area contributed by atoms with Crippen molar-refractivity contribution in [3.05, 3.63) is 184 Å². The molecular formula is C69H66BN2. The zero-order chi connectivity index (χ0) is 50.0. The molecule has 0 saturated carbocycles. The standard InChI is InChI=1S/C69H66BN2/c1-64(2,3)38-22-24-39(25-23-38)71-59-37-55-44(45-31-56-57(35-53(45)69(55,12)13)66(6,7)29-28-65(56,4)5)30-48(59)42-26-27-43-49-32-52-46(40-18-14-16-20-50(40)67(52,8)9)33-60(49)72-61-34-47-41-19-15-17-21-51(41)68(10,11)54(47)36-58(61)70-62(42)63(43)72/h14-27,30-37,71H,28-29H2,1-13H3. The molecule has 3 heteroatoms. The van der Waals surface area contributed by atoms with Gasteiger partial charge in [-0.25, -0.2) is 0 Å². The highest BCUT2D eigenvalue weighted by molar-refractivity contribution is 6.73. The van der Waals surface area contributed by atoms with Crippen molar-refractivity contribution in [1.29, 1.82) is 0 Å². The summed E-state index contributed by atoms with van der Waals surface area (Å²) in [7, 11) is 2.55. The summed E-state index contributed by atoms with van der Waals surface area (Å²) in [5.74, 6) is 0. The van der Waals surface area contributed by atoms with Crippen LogP contribution in [0.4, 0.5) is 11.4 Å². The third-order valence-electron chi connectivity index (χ3n) is 19.0. The van der Waals surface area contributed by atoms with Crippen LogP contribution in [-0.4, -0.2) is 11.8 Å². The third-order valence-corrected chi connectivity index (χ3v) is 19.0. The van der Waals surface area contributed by atoms with Gasteiger partial charge in [0.15, 0.2) is 7.28 Å². The number of benzene rings is 8. The van der Waals surface area contributed by atoms with Crippen LogP contribution in [0.1, 0.15) is 153 Å². The summed E-state index contributed by atoms with van der Waals surface area (Å²) in [6.45, 7) is 31.3. The van der Waals surface area contributed by atoms with Gasteiger partial charge >= 0.3 is 0 Å². The Kier molecular flexibility index (Phi) is 8.54. The van der Waals surface area contributed by atoms with E-state index in [-0.39, 0.29) is 32.5 Å². The van der Waals surface area contributed by atoms with Gasteiger partial charge in [-0.2, -0.15) is 0 Å². The molecule has 0 bridgehead atoms. The molecule has 2 nitrogen and oxygen atoms in total. The lowest BCUT2D eigenvalue weighted by molar-refractivity contribution is 0.331. The molecule has 355 valence electrons. The van der Waals surface area contributed by atoms with Gasteiger partial charge in [-0.1, -0.05) is 180 Å². The minimum absolute atomic E-state index is 0.0649. The normalized spacial score (nSPS) is 18.1. The maximum absolute atomic E-state index is 4.09. The van der Waals surface area contributed by atoms with Gasteiger partial charge in [-0.3, -0.25) is 0 Å². The van der Waals surface area contributed by atoms with E-state index < -0.39 is 0 Å². The number of nitrogens with zero attached hydrogens (tertiary/aromatic N) is 1. The average molecular weight is 934 g/mol. The smallest absolute Gasteiger partial charge is 0.197 e. The minimum Gasteiger partial charge on any atom is -0.355 e. The number of fused-ring (bicyclic) bond motifs is 15. The molecule has 0 spiro atoms. The Balaban J connectivity index is 1.06. The van der Waals surface area contributed by atoms with Crippen LogP contribution in [0.2, 0.25) is 0 Å². The van der Waals surface area contributed by atoms with E-state index in [1.54, 1.807) is 0 Å². The number of rotatable bonds is 3. The van der Waals surface area contributed by atoms with Crippen molar-refractivity contribution in [1.82, 2.24) is 4.57 Å². The molecular weight excluding hydrogens is 868 g/mol. The largest absolute Gasteiger partial charge is 0.355 e. The van der Waals surface area contributed by atoms with Gasteiger partial charge in [0.1, 0.15) is 0 Å². The molecule has 1 N–H and O–H groups in total. The van der Waals surface area contributed by atoms with Crippen LogP contribution in [0.25, 0.3) is 72.0 Å². The SMILES string of the molecule is CC(C)(C)c1ccc(Nc2cc3c(cc2-c2ccc4c5cc6c(cc5n5c4c2[B]c2cc4c(cc2-5)-c2ccccc2C4(C)C)-c2ccccc2C6(C)C)-c2cc4c(cc2C3(C)C)C(C)(C)CCC4(C)C)cc1. The van der Waals surface area contributed by atoms with E-state index in [1.165, 1.54) is 146 Å². The molecule has 1 aliphatic heterocycles. The van der Waals surface area contributed by atoms with Gasteiger partial charge in [0, 0.05) is 55.2 Å². The fraction of sp³-hybridized carbons (Fsp3) is 0.304. The van der Waals surface area contributed by atoms with E-state index in [0.29, 0.717) is 0 Å². The Morgan fingerprint density at radius 3 is 1.64 bits per heavy atom. The average Bonchev–Trinajstić information content (AvgIpc) is 3.95. The van der Waals surface area contributed by atoms with Gasteiger partial charge in [0.05, 0.1) is 5.52 Å². The van der Waals surface area contributed by atoms with Crippen LogP contribution in [-0.2, 0) is 32.5 Å². The summed E-state index contributed by atoms with van der Waals surface area (Å²) in [4.78, 5) is 0. The van der Waals surface area contributed by atoms with Gasteiger partial charge in [-0.15, -0.1) is 0 Å². The predicted octanol–water partition coefficient (Wildman–Crippen LogP) is 16.7. The van der Waals surface area contributed by atoms with Crippen molar-refractivity contribution in [2.75, 3.05) is 5.32 Å². The summed E-state index contributed by atoms with van der Waals surface area (Å²) >= 11 is 0. The van der Waals surface area contributed by atoms with Crippen LogP contribution < -0.4 is 16.2 Å². The lowest BCUT2D eigenvalue weighted by Gasteiger charge is -2.42. The van der Waals surface area contributed by atoms with E-state index in [9.17, 15) is 0 Å². The zero-order valence-corrected chi connectivity index (χ0v) is 44.6. The van der Waals surface area contributed by atoms with E-state index in [1.807, 2.05) is 0 Å². The number of anilines is 2. The number of aromatic nitrogens is 1. The molecule has 0 amide bonds. The second kappa shape index (κ2) is 13.9. The van der Waals surface area contributed by atoms with Gasteiger partial charge in [0.25, 0.3) is 0 Å². The zero-order valence-electron chi connectivity index (χ0n) is 44.6. The predicted molar refractivity (Wildman–Crippen MR) is 308 cm³/mol. The van der Waals surface area contributed by atoms with Crippen LogP contribution in [0.3, 0.4) is 0 Å². The first kappa shape index (κ1) is 44.2. The fourth-order valence-corrected chi connectivity index (χ4v) is 14.5. The first-order chi connectivity index (χ1) is 34.1. The first-order valence-corrected chi connectivity index (χ1v) is 26.7.